The molecular formula is C13H16N4O4S2. The number of nitrogens with zero attached hydrogens (tertiary/aromatic N) is 1. The molecule has 2 aromatic rings. The molecule has 1 heterocycles. The van der Waals surface area contributed by atoms with Crippen molar-refractivity contribution in [3.8, 4) is 0 Å². The number of nitrogen functional groups attached to an aromatic ring is 1. The van der Waals surface area contributed by atoms with Crippen LogP contribution in [-0.4, -0.2) is 28.4 Å². The Morgan fingerprint density at radius 3 is 2.17 bits per heavy atom. The van der Waals surface area contributed by atoms with E-state index in [1.165, 1.54) is 30.5 Å². The van der Waals surface area contributed by atoms with E-state index in [4.69, 9.17) is 10.9 Å². The van der Waals surface area contributed by atoms with E-state index in [1.54, 1.807) is 12.1 Å². The fourth-order valence-corrected chi connectivity index (χ4v) is 3.27. The third-order valence-corrected chi connectivity index (χ3v) is 5.30. The number of benzene rings is 1. The van der Waals surface area contributed by atoms with Gasteiger partial charge < -0.3 is 5.73 Å². The number of rotatable bonds is 6. The third kappa shape index (κ3) is 4.73. The van der Waals surface area contributed by atoms with Crippen molar-refractivity contribution in [2.75, 3.05) is 12.3 Å². The normalized spacial score (nSPS) is 12.2. The van der Waals surface area contributed by atoms with Crippen molar-refractivity contribution in [1.29, 1.82) is 0 Å². The van der Waals surface area contributed by atoms with Crippen LogP contribution in [0.25, 0.3) is 0 Å². The van der Waals surface area contributed by atoms with Crippen molar-refractivity contribution in [2.24, 2.45) is 5.14 Å². The van der Waals surface area contributed by atoms with Gasteiger partial charge in [0.15, 0.2) is 5.03 Å². The van der Waals surface area contributed by atoms with Crippen molar-refractivity contribution < 1.29 is 16.8 Å². The van der Waals surface area contributed by atoms with Gasteiger partial charge in [0.2, 0.25) is 10.0 Å². The van der Waals surface area contributed by atoms with Crippen LogP contribution in [0.3, 0.4) is 0 Å². The number of nitrogens with one attached hydrogen (secondary N) is 1. The van der Waals surface area contributed by atoms with Crippen LogP contribution in [0.2, 0.25) is 0 Å². The number of sulfonamides is 2. The molecule has 5 N–H and O–H groups in total. The highest BCUT2D eigenvalue weighted by molar-refractivity contribution is 7.89. The van der Waals surface area contributed by atoms with E-state index in [1.807, 2.05) is 0 Å². The Morgan fingerprint density at radius 1 is 1.00 bits per heavy atom. The zero-order chi connectivity index (χ0) is 17.1. The SMILES string of the molecule is Nc1ccc(S(=O)(=O)NCCc2ccc(S(N)(=O)=O)cc2)nc1. The fraction of sp³-hybridized carbons (Fsp3) is 0.154. The van der Waals surface area contributed by atoms with Crippen molar-refractivity contribution in [3.63, 3.8) is 0 Å². The molecule has 0 saturated heterocycles. The largest absolute Gasteiger partial charge is 0.397 e. The summed E-state index contributed by atoms with van der Waals surface area (Å²) in [6.45, 7) is 0.142. The molecule has 0 aliphatic carbocycles. The lowest BCUT2D eigenvalue weighted by molar-refractivity contribution is 0.578. The molecule has 0 saturated carbocycles. The Kier molecular flexibility index (Phi) is 5.00. The molecule has 2 rings (SSSR count). The van der Waals surface area contributed by atoms with Gasteiger partial charge in [-0.1, -0.05) is 12.1 Å². The molecule has 0 bridgehead atoms. The van der Waals surface area contributed by atoms with Gasteiger partial charge in [0.25, 0.3) is 10.0 Å². The molecule has 0 atom stereocenters. The molecular weight excluding hydrogens is 340 g/mol. The molecule has 0 unspecified atom stereocenters. The smallest absolute Gasteiger partial charge is 0.258 e. The predicted octanol–water partition coefficient (Wildman–Crippen LogP) is -0.168. The quantitative estimate of drug-likeness (QED) is 0.655. The molecule has 10 heteroatoms. The van der Waals surface area contributed by atoms with Gasteiger partial charge in [-0.2, -0.15) is 0 Å². The van der Waals surface area contributed by atoms with E-state index in [2.05, 4.69) is 9.71 Å². The van der Waals surface area contributed by atoms with Gasteiger partial charge in [-0.25, -0.2) is 31.7 Å². The highest BCUT2D eigenvalue weighted by Gasteiger charge is 2.14. The van der Waals surface area contributed by atoms with E-state index in [9.17, 15) is 16.8 Å². The summed E-state index contributed by atoms with van der Waals surface area (Å²) in [5, 5.41) is 4.89. The highest BCUT2D eigenvalue weighted by atomic mass is 32.2. The van der Waals surface area contributed by atoms with E-state index in [-0.39, 0.29) is 16.5 Å². The second-order valence-electron chi connectivity index (χ2n) is 4.77. The van der Waals surface area contributed by atoms with Crippen LogP contribution in [0.15, 0.2) is 52.5 Å². The molecule has 0 aliphatic rings. The lowest BCUT2D eigenvalue weighted by atomic mass is 10.2. The summed E-state index contributed by atoms with van der Waals surface area (Å²) in [6.07, 6.45) is 1.65. The summed E-state index contributed by atoms with van der Waals surface area (Å²) < 4.78 is 48.7. The topological polar surface area (TPSA) is 145 Å². The average molecular weight is 356 g/mol. The zero-order valence-electron chi connectivity index (χ0n) is 12.0. The number of anilines is 1. The van der Waals surface area contributed by atoms with Gasteiger partial charge in [-0.3, -0.25) is 0 Å². The number of pyridine rings is 1. The van der Waals surface area contributed by atoms with Crippen molar-refractivity contribution in [2.45, 2.75) is 16.3 Å². The molecule has 0 amide bonds. The number of primary sulfonamides is 1. The van der Waals surface area contributed by atoms with Crippen molar-refractivity contribution >= 4 is 25.7 Å². The molecule has 0 radical (unpaired) electrons. The van der Waals surface area contributed by atoms with Crippen LogP contribution in [-0.2, 0) is 26.5 Å². The number of hydrogen-bond donors (Lipinski definition) is 3. The number of aromatic nitrogens is 1. The molecule has 0 fully saturated rings. The Bertz CT molecular complexity index is 877. The number of hydrogen-bond acceptors (Lipinski definition) is 6. The zero-order valence-corrected chi connectivity index (χ0v) is 13.6. The minimum Gasteiger partial charge on any atom is -0.397 e. The first kappa shape index (κ1) is 17.3. The van der Waals surface area contributed by atoms with E-state index >= 15 is 0 Å². The van der Waals surface area contributed by atoms with Gasteiger partial charge in [-0.15, -0.1) is 0 Å². The van der Waals surface area contributed by atoms with Gasteiger partial charge in [0.05, 0.1) is 16.8 Å². The monoisotopic (exact) mass is 356 g/mol. The first-order valence-electron chi connectivity index (χ1n) is 6.51. The summed E-state index contributed by atoms with van der Waals surface area (Å²) in [5.74, 6) is 0. The maximum absolute atomic E-state index is 12.0. The molecule has 1 aromatic heterocycles. The van der Waals surface area contributed by atoms with Crippen LogP contribution in [0, 0.1) is 0 Å². The summed E-state index contributed by atoms with van der Waals surface area (Å²) in [5.41, 5.74) is 6.60. The Labute approximate surface area is 134 Å². The molecule has 0 spiro atoms. The first-order chi connectivity index (χ1) is 10.7. The molecule has 124 valence electrons. The highest BCUT2D eigenvalue weighted by Crippen LogP contribution is 2.10. The average Bonchev–Trinajstić information content (AvgIpc) is 2.47. The molecule has 23 heavy (non-hydrogen) atoms. The maximum atomic E-state index is 12.0. The molecule has 1 aromatic carbocycles. The second-order valence-corrected chi connectivity index (χ2v) is 8.04. The fourth-order valence-electron chi connectivity index (χ4n) is 1.80. The minimum atomic E-state index is -3.73. The molecule has 0 aliphatic heterocycles. The van der Waals surface area contributed by atoms with Gasteiger partial charge in [0.1, 0.15) is 0 Å². The standard InChI is InChI=1S/C13H16N4O4S2/c14-11-3-6-13(16-9-11)23(20,21)17-8-7-10-1-4-12(5-2-10)22(15,18)19/h1-6,9,17H,7-8,14H2,(H2,15,18,19). The van der Waals surface area contributed by atoms with E-state index in [0.717, 1.165) is 5.56 Å². The lowest BCUT2D eigenvalue weighted by Crippen LogP contribution is -2.26. The van der Waals surface area contributed by atoms with Gasteiger partial charge in [0, 0.05) is 6.54 Å². The first-order valence-corrected chi connectivity index (χ1v) is 9.54. The Hall–Kier alpha value is -2.01. The van der Waals surface area contributed by atoms with Crippen LogP contribution in [0.5, 0.6) is 0 Å². The van der Waals surface area contributed by atoms with Crippen molar-refractivity contribution in [1.82, 2.24) is 9.71 Å². The number of nitrogens with two attached hydrogens (primary N) is 2. The summed E-state index contributed by atoms with van der Waals surface area (Å²) in [6, 6.07) is 8.68. The predicted molar refractivity (Wildman–Crippen MR) is 85.4 cm³/mol. The lowest BCUT2D eigenvalue weighted by Gasteiger charge is -2.07. The summed E-state index contributed by atoms with van der Waals surface area (Å²) in [4.78, 5) is 3.77. The summed E-state index contributed by atoms with van der Waals surface area (Å²) in [7, 11) is -7.44. The maximum Gasteiger partial charge on any atom is 0.258 e. The second kappa shape index (κ2) is 6.62. The van der Waals surface area contributed by atoms with Crippen LogP contribution in [0.1, 0.15) is 5.56 Å². The van der Waals surface area contributed by atoms with Crippen LogP contribution in [0.4, 0.5) is 5.69 Å². The summed E-state index contributed by atoms with van der Waals surface area (Å²) >= 11 is 0. The minimum absolute atomic E-state index is 0.00732. The third-order valence-electron chi connectivity index (χ3n) is 2.99. The Balaban J connectivity index is 1.98. The van der Waals surface area contributed by atoms with E-state index in [0.29, 0.717) is 12.1 Å². The van der Waals surface area contributed by atoms with E-state index < -0.39 is 20.0 Å². The Morgan fingerprint density at radius 2 is 1.65 bits per heavy atom. The van der Waals surface area contributed by atoms with Crippen LogP contribution >= 0.6 is 0 Å². The van der Waals surface area contributed by atoms with Crippen LogP contribution < -0.4 is 15.6 Å². The van der Waals surface area contributed by atoms with Gasteiger partial charge >= 0.3 is 0 Å². The van der Waals surface area contributed by atoms with Crippen molar-refractivity contribution in [3.05, 3.63) is 48.2 Å². The van der Waals surface area contributed by atoms with Gasteiger partial charge in [-0.05, 0) is 36.2 Å². The molecule has 8 nitrogen and oxygen atoms in total.